The smallest absolute Gasteiger partial charge is 0.251 e. The minimum absolute atomic E-state index is 0.0109. The molecule has 1 rings (SSSR count). The molecule has 0 aliphatic carbocycles. The van der Waals surface area contributed by atoms with Crippen molar-refractivity contribution in [1.82, 2.24) is 10.6 Å². The summed E-state index contributed by atoms with van der Waals surface area (Å²) in [6, 6.07) is 7.26. The largest absolute Gasteiger partial charge is 0.355 e. The highest BCUT2D eigenvalue weighted by molar-refractivity contribution is 7.98. The number of rotatable bonds is 5. The van der Waals surface area contributed by atoms with E-state index in [1.165, 1.54) is 0 Å². The summed E-state index contributed by atoms with van der Waals surface area (Å²) in [7, 11) is 0. The van der Waals surface area contributed by atoms with Crippen molar-refractivity contribution < 1.29 is 9.59 Å². The predicted octanol–water partition coefficient (Wildman–Crippen LogP) is 1.27. The lowest BCUT2D eigenvalue weighted by atomic mass is 10.2. The van der Waals surface area contributed by atoms with Crippen molar-refractivity contribution in [3.05, 3.63) is 29.8 Å². The van der Waals surface area contributed by atoms with E-state index in [1.807, 2.05) is 25.3 Å². The average molecular weight is 252 g/mol. The number of thioether (sulfide) groups is 1. The van der Waals surface area contributed by atoms with Gasteiger partial charge in [-0.3, -0.25) is 9.59 Å². The van der Waals surface area contributed by atoms with Gasteiger partial charge in [-0.25, -0.2) is 0 Å². The molecule has 0 saturated carbocycles. The zero-order valence-corrected chi connectivity index (χ0v) is 10.8. The second kappa shape index (κ2) is 6.96. The number of hydrogen-bond acceptors (Lipinski definition) is 3. The maximum absolute atomic E-state index is 11.7. The molecular formula is C12H16N2O2S. The zero-order valence-electron chi connectivity index (χ0n) is 9.95. The van der Waals surface area contributed by atoms with E-state index < -0.39 is 0 Å². The molecule has 0 heterocycles. The molecular weight excluding hydrogens is 236 g/mol. The second-order valence-corrected chi connectivity index (χ2v) is 4.24. The molecule has 0 spiro atoms. The van der Waals surface area contributed by atoms with Crippen LogP contribution in [0, 0.1) is 0 Å². The molecule has 0 aliphatic heterocycles. The van der Waals surface area contributed by atoms with Gasteiger partial charge in [-0.1, -0.05) is 0 Å². The lowest BCUT2D eigenvalue weighted by molar-refractivity contribution is -0.120. The van der Waals surface area contributed by atoms with Crippen LogP contribution < -0.4 is 10.6 Å². The zero-order chi connectivity index (χ0) is 12.7. The van der Waals surface area contributed by atoms with E-state index in [0.29, 0.717) is 12.1 Å². The van der Waals surface area contributed by atoms with Crippen molar-refractivity contribution in [3.8, 4) is 0 Å². The predicted molar refractivity (Wildman–Crippen MR) is 69.2 cm³/mol. The molecule has 0 bridgehead atoms. The first-order chi connectivity index (χ1) is 8.17. The summed E-state index contributed by atoms with van der Waals surface area (Å²) >= 11 is 1.62. The standard InChI is InChI=1S/C12H16N2O2S/c1-3-13-11(15)8-14-12(16)9-4-6-10(17-2)7-5-9/h4-7H,3,8H2,1-2H3,(H,13,15)(H,14,16). The molecule has 2 amide bonds. The quantitative estimate of drug-likeness (QED) is 0.776. The van der Waals surface area contributed by atoms with Gasteiger partial charge >= 0.3 is 0 Å². The van der Waals surface area contributed by atoms with Crippen molar-refractivity contribution in [3.63, 3.8) is 0 Å². The minimum Gasteiger partial charge on any atom is -0.355 e. The van der Waals surface area contributed by atoms with Crippen molar-refractivity contribution in [2.45, 2.75) is 11.8 Å². The first kappa shape index (κ1) is 13.6. The molecule has 0 unspecified atom stereocenters. The van der Waals surface area contributed by atoms with Crippen molar-refractivity contribution in [2.24, 2.45) is 0 Å². The van der Waals surface area contributed by atoms with Gasteiger partial charge in [0.05, 0.1) is 6.54 Å². The molecule has 2 N–H and O–H groups in total. The first-order valence-corrected chi connectivity index (χ1v) is 6.58. The van der Waals surface area contributed by atoms with Crippen molar-refractivity contribution in [2.75, 3.05) is 19.3 Å². The number of carbonyl (C=O) groups excluding carboxylic acids is 2. The highest BCUT2D eigenvalue weighted by Gasteiger charge is 2.06. The third-order valence-corrected chi connectivity index (χ3v) is 2.88. The Morgan fingerprint density at radius 3 is 2.35 bits per heavy atom. The van der Waals surface area contributed by atoms with Crippen LogP contribution in [0.25, 0.3) is 0 Å². The van der Waals surface area contributed by atoms with Crippen LogP contribution in [0.15, 0.2) is 29.2 Å². The van der Waals surface area contributed by atoms with Gasteiger partial charge in [0.1, 0.15) is 0 Å². The van der Waals surface area contributed by atoms with Crippen molar-refractivity contribution >= 4 is 23.6 Å². The second-order valence-electron chi connectivity index (χ2n) is 3.36. The fourth-order valence-electron chi connectivity index (χ4n) is 1.26. The summed E-state index contributed by atoms with van der Waals surface area (Å²) < 4.78 is 0. The van der Waals surface area contributed by atoms with E-state index in [-0.39, 0.29) is 18.4 Å². The molecule has 5 heteroatoms. The minimum atomic E-state index is -0.232. The normalized spacial score (nSPS) is 9.76. The lowest BCUT2D eigenvalue weighted by Crippen LogP contribution is -2.36. The Kier molecular flexibility index (Phi) is 5.56. The fourth-order valence-corrected chi connectivity index (χ4v) is 1.67. The molecule has 0 saturated heterocycles. The molecule has 1 aromatic carbocycles. The van der Waals surface area contributed by atoms with Crippen LogP contribution in [0.4, 0.5) is 0 Å². The number of hydrogen-bond donors (Lipinski definition) is 2. The van der Waals surface area contributed by atoms with Gasteiger partial charge in [-0.05, 0) is 37.4 Å². The van der Waals surface area contributed by atoms with E-state index in [0.717, 1.165) is 4.90 Å². The van der Waals surface area contributed by atoms with Gasteiger partial charge in [-0.15, -0.1) is 11.8 Å². The molecule has 0 aliphatic rings. The third-order valence-electron chi connectivity index (χ3n) is 2.14. The highest BCUT2D eigenvalue weighted by atomic mass is 32.2. The molecule has 4 nitrogen and oxygen atoms in total. The topological polar surface area (TPSA) is 58.2 Å². The molecule has 0 fully saturated rings. The maximum Gasteiger partial charge on any atom is 0.251 e. The summed E-state index contributed by atoms with van der Waals surface area (Å²) in [4.78, 5) is 23.9. The summed E-state index contributed by atoms with van der Waals surface area (Å²) in [5, 5.41) is 5.18. The molecule has 0 radical (unpaired) electrons. The van der Waals surface area contributed by atoms with Gasteiger partial charge < -0.3 is 10.6 Å². The number of carbonyl (C=O) groups is 2. The van der Waals surface area contributed by atoms with Gasteiger partial charge in [0.2, 0.25) is 5.91 Å². The Labute approximate surface area is 105 Å². The van der Waals surface area contributed by atoms with Crippen LogP contribution in [-0.4, -0.2) is 31.2 Å². The Bertz CT molecular complexity index is 390. The van der Waals surface area contributed by atoms with Gasteiger partial charge in [0.15, 0.2) is 0 Å². The molecule has 17 heavy (non-hydrogen) atoms. The molecule has 0 atom stereocenters. The summed E-state index contributed by atoms with van der Waals surface area (Å²) in [5.41, 5.74) is 0.562. The Hall–Kier alpha value is -1.49. The SMILES string of the molecule is CCNC(=O)CNC(=O)c1ccc(SC)cc1. The number of likely N-dealkylation sites (N-methyl/N-ethyl adjacent to an activating group) is 1. The molecule has 0 aromatic heterocycles. The highest BCUT2D eigenvalue weighted by Crippen LogP contribution is 2.14. The van der Waals surface area contributed by atoms with Crippen LogP contribution in [0.5, 0.6) is 0 Å². The summed E-state index contributed by atoms with van der Waals surface area (Å²) in [5.74, 6) is -0.412. The van der Waals surface area contributed by atoms with E-state index in [2.05, 4.69) is 10.6 Å². The van der Waals surface area contributed by atoms with Crippen LogP contribution >= 0.6 is 11.8 Å². The Morgan fingerprint density at radius 1 is 1.18 bits per heavy atom. The fraction of sp³-hybridized carbons (Fsp3) is 0.333. The average Bonchev–Trinajstić information content (AvgIpc) is 2.36. The first-order valence-electron chi connectivity index (χ1n) is 5.36. The lowest BCUT2D eigenvalue weighted by Gasteiger charge is -2.05. The van der Waals surface area contributed by atoms with E-state index in [9.17, 15) is 9.59 Å². The van der Waals surface area contributed by atoms with Crippen LogP contribution in [0.2, 0.25) is 0 Å². The van der Waals surface area contributed by atoms with Crippen LogP contribution in [0.1, 0.15) is 17.3 Å². The van der Waals surface area contributed by atoms with Gasteiger partial charge in [0.25, 0.3) is 5.91 Å². The summed E-state index contributed by atoms with van der Waals surface area (Å²) in [6.45, 7) is 2.41. The monoisotopic (exact) mass is 252 g/mol. The number of benzene rings is 1. The van der Waals surface area contributed by atoms with Crippen LogP contribution in [-0.2, 0) is 4.79 Å². The third kappa shape index (κ3) is 4.48. The van der Waals surface area contributed by atoms with Crippen LogP contribution in [0.3, 0.4) is 0 Å². The molecule has 1 aromatic rings. The van der Waals surface area contributed by atoms with Gasteiger partial charge in [0, 0.05) is 17.0 Å². The maximum atomic E-state index is 11.7. The Balaban J connectivity index is 2.49. The molecule has 92 valence electrons. The van der Waals surface area contributed by atoms with E-state index >= 15 is 0 Å². The number of nitrogens with one attached hydrogen (secondary N) is 2. The van der Waals surface area contributed by atoms with Crippen molar-refractivity contribution in [1.29, 1.82) is 0 Å². The number of amides is 2. The Morgan fingerprint density at radius 2 is 1.82 bits per heavy atom. The van der Waals surface area contributed by atoms with E-state index in [4.69, 9.17) is 0 Å². The summed E-state index contributed by atoms with van der Waals surface area (Å²) in [6.07, 6.45) is 1.98. The van der Waals surface area contributed by atoms with Gasteiger partial charge in [-0.2, -0.15) is 0 Å². The van der Waals surface area contributed by atoms with E-state index in [1.54, 1.807) is 23.9 Å².